The van der Waals surface area contributed by atoms with Gasteiger partial charge in [0.2, 0.25) is 5.91 Å². The van der Waals surface area contributed by atoms with E-state index in [1.165, 1.54) is 6.92 Å². The van der Waals surface area contributed by atoms with Crippen LogP contribution in [-0.4, -0.2) is 18.6 Å². The normalized spacial score (nSPS) is 14.3. The molecule has 0 aliphatic heterocycles. The number of alkyl halides is 1. The molecular formula is C8H16FNO. The first-order valence-corrected chi connectivity index (χ1v) is 3.72. The Hall–Kier alpha value is -0.600. The maximum atomic E-state index is 13.1. The van der Waals surface area contributed by atoms with Crippen LogP contribution in [0.1, 0.15) is 27.7 Å². The Bertz CT molecular complexity index is 140. The molecule has 1 amide bonds. The van der Waals surface area contributed by atoms with E-state index >= 15 is 0 Å². The second-order valence-corrected chi connectivity index (χ2v) is 3.77. The van der Waals surface area contributed by atoms with E-state index in [0.29, 0.717) is 0 Å². The van der Waals surface area contributed by atoms with Gasteiger partial charge in [0.25, 0.3) is 0 Å². The van der Waals surface area contributed by atoms with E-state index in [2.05, 4.69) is 5.32 Å². The number of hydrogen-bond acceptors (Lipinski definition) is 1. The van der Waals surface area contributed by atoms with Crippen LogP contribution in [0.3, 0.4) is 0 Å². The van der Waals surface area contributed by atoms with Gasteiger partial charge in [0, 0.05) is 13.5 Å². The minimum Gasteiger partial charge on any atom is -0.353 e. The molecule has 1 N–H and O–H groups in total. The molecule has 2 nitrogen and oxygen atoms in total. The number of amides is 1. The van der Waals surface area contributed by atoms with Gasteiger partial charge in [-0.1, -0.05) is 20.8 Å². The summed E-state index contributed by atoms with van der Waals surface area (Å²) in [5.74, 6) is -0.183. The van der Waals surface area contributed by atoms with Crippen molar-refractivity contribution in [2.24, 2.45) is 5.41 Å². The van der Waals surface area contributed by atoms with Gasteiger partial charge in [-0.3, -0.25) is 4.79 Å². The molecule has 3 heteroatoms. The second-order valence-electron chi connectivity index (χ2n) is 3.77. The Morgan fingerprint density at radius 1 is 1.55 bits per heavy atom. The van der Waals surface area contributed by atoms with E-state index in [4.69, 9.17) is 0 Å². The van der Waals surface area contributed by atoms with Gasteiger partial charge < -0.3 is 5.32 Å². The molecule has 0 saturated carbocycles. The van der Waals surface area contributed by atoms with Crippen LogP contribution in [0.25, 0.3) is 0 Å². The van der Waals surface area contributed by atoms with Gasteiger partial charge in [-0.15, -0.1) is 0 Å². The summed E-state index contributed by atoms with van der Waals surface area (Å²) in [5, 5.41) is 2.44. The van der Waals surface area contributed by atoms with Gasteiger partial charge in [0.1, 0.15) is 6.17 Å². The molecule has 0 heterocycles. The third-order valence-corrected chi connectivity index (χ3v) is 1.47. The van der Waals surface area contributed by atoms with Gasteiger partial charge in [-0.05, 0) is 5.41 Å². The van der Waals surface area contributed by atoms with E-state index in [-0.39, 0.29) is 17.9 Å². The third-order valence-electron chi connectivity index (χ3n) is 1.47. The van der Waals surface area contributed by atoms with Gasteiger partial charge in [0.05, 0.1) is 0 Å². The first-order valence-electron chi connectivity index (χ1n) is 3.72. The van der Waals surface area contributed by atoms with Crippen molar-refractivity contribution < 1.29 is 9.18 Å². The van der Waals surface area contributed by atoms with E-state index in [1.807, 2.05) is 0 Å². The summed E-state index contributed by atoms with van der Waals surface area (Å²) in [5.41, 5.74) is -0.386. The van der Waals surface area contributed by atoms with Crippen LogP contribution in [0.2, 0.25) is 0 Å². The molecule has 0 bridgehead atoms. The highest BCUT2D eigenvalue weighted by Crippen LogP contribution is 2.21. The molecule has 1 atom stereocenters. The standard InChI is InChI=1S/C8H16FNO/c1-6(11)10-5-7(9)8(2,3)4/h7H,5H2,1-4H3,(H,10,11). The van der Waals surface area contributed by atoms with Gasteiger partial charge in [-0.2, -0.15) is 0 Å². The second kappa shape index (κ2) is 3.69. The number of carbonyl (C=O) groups is 1. The zero-order valence-electron chi connectivity index (χ0n) is 7.57. The largest absolute Gasteiger partial charge is 0.353 e. The van der Waals surface area contributed by atoms with Crippen LogP contribution in [-0.2, 0) is 4.79 Å². The Morgan fingerprint density at radius 3 is 2.27 bits per heavy atom. The average Bonchev–Trinajstić information content (AvgIpc) is 1.80. The fourth-order valence-electron chi connectivity index (χ4n) is 0.540. The quantitative estimate of drug-likeness (QED) is 0.653. The van der Waals surface area contributed by atoms with Crippen molar-refractivity contribution in [3.05, 3.63) is 0 Å². The van der Waals surface area contributed by atoms with Crippen molar-refractivity contribution in [3.63, 3.8) is 0 Å². The monoisotopic (exact) mass is 161 g/mol. The lowest BCUT2D eigenvalue weighted by Gasteiger charge is -2.23. The molecule has 0 aliphatic rings. The zero-order chi connectivity index (χ0) is 9.07. The maximum absolute atomic E-state index is 13.1. The maximum Gasteiger partial charge on any atom is 0.216 e. The fraction of sp³-hybridized carbons (Fsp3) is 0.875. The molecular weight excluding hydrogens is 145 g/mol. The Kier molecular flexibility index (Phi) is 3.49. The van der Waals surface area contributed by atoms with E-state index in [9.17, 15) is 9.18 Å². The molecule has 0 rings (SSSR count). The van der Waals surface area contributed by atoms with Crippen molar-refractivity contribution in [2.75, 3.05) is 6.54 Å². The Labute approximate surface area is 67.2 Å². The average molecular weight is 161 g/mol. The lowest BCUT2D eigenvalue weighted by Crippen LogP contribution is -2.35. The van der Waals surface area contributed by atoms with E-state index in [0.717, 1.165) is 0 Å². The van der Waals surface area contributed by atoms with Crippen LogP contribution >= 0.6 is 0 Å². The van der Waals surface area contributed by atoms with Crippen LogP contribution in [0.4, 0.5) is 4.39 Å². The summed E-state index contributed by atoms with van der Waals surface area (Å²) < 4.78 is 13.1. The number of carbonyl (C=O) groups excluding carboxylic acids is 1. The summed E-state index contributed by atoms with van der Waals surface area (Å²) in [6.07, 6.45) is -0.980. The van der Waals surface area contributed by atoms with Crippen LogP contribution in [0.15, 0.2) is 0 Å². The highest BCUT2D eigenvalue weighted by molar-refractivity contribution is 5.72. The van der Waals surface area contributed by atoms with E-state index in [1.54, 1.807) is 20.8 Å². The first kappa shape index (κ1) is 10.4. The lowest BCUT2D eigenvalue weighted by atomic mass is 9.90. The molecule has 0 spiro atoms. The highest BCUT2D eigenvalue weighted by atomic mass is 19.1. The molecule has 66 valence electrons. The summed E-state index contributed by atoms with van der Waals surface area (Å²) in [6, 6.07) is 0. The van der Waals surface area contributed by atoms with Gasteiger partial charge in [0.15, 0.2) is 0 Å². The van der Waals surface area contributed by atoms with E-state index < -0.39 is 6.17 Å². The number of nitrogens with one attached hydrogen (secondary N) is 1. The predicted molar refractivity (Wildman–Crippen MR) is 43.0 cm³/mol. The Balaban J connectivity index is 3.70. The fourth-order valence-corrected chi connectivity index (χ4v) is 0.540. The van der Waals surface area contributed by atoms with Crippen LogP contribution in [0.5, 0.6) is 0 Å². The molecule has 11 heavy (non-hydrogen) atoms. The molecule has 0 aliphatic carbocycles. The summed E-state index contributed by atoms with van der Waals surface area (Å²) in [4.78, 5) is 10.4. The van der Waals surface area contributed by atoms with Crippen molar-refractivity contribution in [1.82, 2.24) is 5.32 Å². The van der Waals surface area contributed by atoms with Crippen LogP contribution < -0.4 is 5.32 Å². The van der Waals surface area contributed by atoms with Gasteiger partial charge in [-0.25, -0.2) is 4.39 Å². The van der Waals surface area contributed by atoms with Crippen molar-refractivity contribution in [2.45, 2.75) is 33.9 Å². The topological polar surface area (TPSA) is 29.1 Å². The minimum absolute atomic E-state index is 0.110. The summed E-state index contributed by atoms with van der Waals surface area (Å²) in [7, 11) is 0. The molecule has 0 aromatic heterocycles. The molecule has 0 aromatic rings. The molecule has 0 aromatic carbocycles. The molecule has 1 unspecified atom stereocenters. The minimum atomic E-state index is -0.980. The Morgan fingerprint density at radius 2 is 2.00 bits per heavy atom. The van der Waals surface area contributed by atoms with Crippen LogP contribution in [0, 0.1) is 5.41 Å². The number of halogens is 1. The molecule has 0 saturated heterocycles. The molecule has 0 fully saturated rings. The first-order chi connectivity index (χ1) is 4.84. The zero-order valence-corrected chi connectivity index (χ0v) is 7.57. The number of hydrogen-bond donors (Lipinski definition) is 1. The van der Waals surface area contributed by atoms with Crippen molar-refractivity contribution in [1.29, 1.82) is 0 Å². The third kappa shape index (κ3) is 4.76. The SMILES string of the molecule is CC(=O)NCC(F)C(C)(C)C. The van der Waals surface area contributed by atoms with Crippen molar-refractivity contribution >= 4 is 5.91 Å². The highest BCUT2D eigenvalue weighted by Gasteiger charge is 2.23. The predicted octanol–water partition coefficient (Wildman–Crippen LogP) is 1.51. The van der Waals surface area contributed by atoms with Crippen molar-refractivity contribution in [3.8, 4) is 0 Å². The molecule has 0 radical (unpaired) electrons. The summed E-state index contributed by atoms with van der Waals surface area (Å²) >= 11 is 0. The lowest BCUT2D eigenvalue weighted by molar-refractivity contribution is -0.119. The summed E-state index contributed by atoms with van der Waals surface area (Å²) in [6.45, 7) is 6.91. The smallest absolute Gasteiger partial charge is 0.216 e. The number of rotatable bonds is 2. The van der Waals surface area contributed by atoms with Gasteiger partial charge >= 0.3 is 0 Å².